The van der Waals surface area contributed by atoms with Crippen LogP contribution < -0.4 is 5.32 Å². The van der Waals surface area contributed by atoms with Crippen LogP contribution >= 0.6 is 22.9 Å². The molecule has 0 radical (unpaired) electrons. The zero-order valence-electron chi connectivity index (χ0n) is 17.9. The van der Waals surface area contributed by atoms with Crippen molar-refractivity contribution in [1.29, 1.82) is 0 Å². The fourth-order valence-corrected chi connectivity index (χ4v) is 4.64. The molecule has 1 aromatic heterocycles. The minimum atomic E-state index is -0.0928. The van der Waals surface area contributed by atoms with Crippen molar-refractivity contribution in [3.05, 3.63) is 69.7 Å². The van der Waals surface area contributed by atoms with Crippen LogP contribution in [-0.4, -0.2) is 53.9 Å². The Kier molecular flexibility index (Phi) is 7.02. The fraction of sp³-hybridized carbons (Fsp3) is 0.333. The number of anilines is 1. The normalized spacial score (nSPS) is 15.2. The van der Waals surface area contributed by atoms with Gasteiger partial charge in [0.25, 0.3) is 0 Å². The lowest BCUT2D eigenvalue weighted by molar-refractivity contribution is -0.115. The van der Waals surface area contributed by atoms with Crippen molar-refractivity contribution in [2.24, 2.45) is 0 Å². The van der Waals surface area contributed by atoms with Crippen LogP contribution in [0.25, 0.3) is 10.6 Å². The van der Waals surface area contributed by atoms with Crippen LogP contribution in [0.1, 0.15) is 16.8 Å². The van der Waals surface area contributed by atoms with Gasteiger partial charge in [-0.15, -0.1) is 11.3 Å². The third-order valence-corrected chi connectivity index (χ3v) is 6.99. The van der Waals surface area contributed by atoms with Crippen LogP contribution in [0.5, 0.6) is 0 Å². The number of halogens is 1. The molecule has 1 saturated heterocycles. The summed E-state index contributed by atoms with van der Waals surface area (Å²) in [5, 5.41) is 6.47. The van der Waals surface area contributed by atoms with E-state index in [1.165, 1.54) is 5.56 Å². The summed E-state index contributed by atoms with van der Waals surface area (Å²) in [5.74, 6) is -0.0928. The third kappa shape index (κ3) is 5.71. The second-order valence-corrected chi connectivity index (χ2v) is 9.32. The SMILES string of the molecule is Cc1c(Cl)cccc1NC(=O)Cc1csc(-c2ccc(CN3CCN(C)CC3)cc2)n1. The minimum Gasteiger partial charge on any atom is -0.325 e. The van der Waals surface area contributed by atoms with Crippen LogP contribution in [0.3, 0.4) is 0 Å². The summed E-state index contributed by atoms with van der Waals surface area (Å²) in [7, 11) is 2.18. The maximum atomic E-state index is 12.4. The molecule has 2 heterocycles. The lowest BCUT2D eigenvalue weighted by Gasteiger charge is -2.32. The number of benzene rings is 2. The van der Waals surface area contributed by atoms with E-state index in [9.17, 15) is 4.79 Å². The highest BCUT2D eigenvalue weighted by atomic mass is 35.5. The average molecular weight is 455 g/mol. The van der Waals surface area contributed by atoms with E-state index in [1.807, 2.05) is 30.5 Å². The van der Waals surface area contributed by atoms with E-state index in [1.54, 1.807) is 11.3 Å². The van der Waals surface area contributed by atoms with Crippen LogP contribution in [-0.2, 0) is 17.8 Å². The Morgan fingerprint density at radius 1 is 1.13 bits per heavy atom. The number of nitrogens with one attached hydrogen (secondary N) is 1. The van der Waals surface area contributed by atoms with Crippen molar-refractivity contribution < 1.29 is 4.79 Å². The third-order valence-electron chi connectivity index (χ3n) is 5.64. The number of carbonyl (C=O) groups excluding carboxylic acids is 1. The second kappa shape index (κ2) is 9.92. The van der Waals surface area contributed by atoms with Crippen molar-refractivity contribution in [3.8, 4) is 10.6 Å². The van der Waals surface area contributed by atoms with E-state index in [0.717, 1.165) is 60.2 Å². The number of carbonyl (C=O) groups is 1. The molecule has 0 bridgehead atoms. The van der Waals surface area contributed by atoms with Crippen LogP contribution in [0, 0.1) is 6.92 Å². The van der Waals surface area contributed by atoms with Crippen LogP contribution in [0.4, 0.5) is 5.69 Å². The largest absolute Gasteiger partial charge is 0.325 e. The van der Waals surface area contributed by atoms with Crippen molar-refractivity contribution in [2.75, 3.05) is 38.5 Å². The summed E-state index contributed by atoms with van der Waals surface area (Å²) in [6.45, 7) is 7.37. The highest BCUT2D eigenvalue weighted by molar-refractivity contribution is 7.13. The Labute approximate surface area is 192 Å². The number of amides is 1. The number of rotatable bonds is 6. The summed E-state index contributed by atoms with van der Waals surface area (Å²) < 4.78 is 0. The average Bonchev–Trinajstić information content (AvgIpc) is 3.22. The van der Waals surface area contributed by atoms with E-state index >= 15 is 0 Å². The van der Waals surface area contributed by atoms with Gasteiger partial charge in [0.1, 0.15) is 5.01 Å². The quantitative estimate of drug-likeness (QED) is 0.586. The molecule has 162 valence electrons. The molecular formula is C24H27ClN4OS. The fourth-order valence-electron chi connectivity index (χ4n) is 3.64. The van der Waals surface area contributed by atoms with Gasteiger partial charge in [0.05, 0.1) is 12.1 Å². The molecule has 31 heavy (non-hydrogen) atoms. The molecule has 0 atom stereocenters. The molecule has 5 nitrogen and oxygen atoms in total. The molecule has 1 aliphatic heterocycles. The number of nitrogens with zero attached hydrogens (tertiary/aromatic N) is 3. The zero-order valence-corrected chi connectivity index (χ0v) is 19.5. The van der Waals surface area contributed by atoms with Gasteiger partial charge in [-0.05, 0) is 37.2 Å². The first kappa shape index (κ1) is 22.0. The van der Waals surface area contributed by atoms with Crippen molar-refractivity contribution in [1.82, 2.24) is 14.8 Å². The summed E-state index contributed by atoms with van der Waals surface area (Å²) in [6.07, 6.45) is 0.240. The van der Waals surface area contributed by atoms with Gasteiger partial charge in [0.2, 0.25) is 5.91 Å². The molecule has 7 heteroatoms. The first-order chi connectivity index (χ1) is 15.0. The van der Waals surface area contributed by atoms with Gasteiger partial charge >= 0.3 is 0 Å². The van der Waals surface area contributed by atoms with Gasteiger partial charge in [-0.2, -0.15) is 0 Å². The monoisotopic (exact) mass is 454 g/mol. The number of hydrogen-bond acceptors (Lipinski definition) is 5. The molecule has 2 aromatic carbocycles. The van der Waals surface area contributed by atoms with Crippen molar-refractivity contribution in [3.63, 3.8) is 0 Å². The minimum absolute atomic E-state index is 0.0928. The molecule has 3 aromatic rings. The van der Waals surface area contributed by atoms with Gasteiger partial charge in [-0.25, -0.2) is 4.98 Å². The lowest BCUT2D eigenvalue weighted by atomic mass is 10.1. The van der Waals surface area contributed by atoms with Gasteiger partial charge in [-0.1, -0.05) is 41.9 Å². The second-order valence-electron chi connectivity index (χ2n) is 8.06. The molecule has 4 rings (SSSR count). The molecule has 1 fully saturated rings. The summed E-state index contributed by atoms with van der Waals surface area (Å²) in [6, 6.07) is 14.1. The van der Waals surface area contributed by atoms with Crippen molar-refractivity contribution in [2.45, 2.75) is 19.9 Å². The molecule has 0 aliphatic carbocycles. The standard InChI is InChI=1S/C24H27ClN4OS/c1-17-21(25)4-3-5-22(17)27-23(30)14-20-16-31-24(26-20)19-8-6-18(7-9-19)15-29-12-10-28(2)11-13-29/h3-9,16H,10-15H2,1-2H3,(H,27,30). The van der Waals surface area contributed by atoms with Gasteiger partial charge < -0.3 is 10.2 Å². The van der Waals surface area contributed by atoms with Crippen molar-refractivity contribution >= 4 is 34.5 Å². The summed E-state index contributed by atoms with van der Waals surface area (Å²) >= 11 is 7.70. The molecule has 0 spiro atoms. The Hall–Kier alpha value is -2.25. The first-order valence-electron chi connectivity index (χ1n) is 10.5. The van der Waals surface area contributed by atoms with E-state index < -0.39 is 0 Å². The lowest BCUT2D eigenvalue weighted by Crippen LogP contribution is -2.43. The number of hydrogen-bond donors (Lipinski definition) is 1. The van der Waals surface area contributed by atoms with E-state index in [2.05, 4.69) is 51.4 Å². The highest BCUT2D eigenvalue weighted by Gasteiger charge is 2.14. The molecule has 1 aliphatic rings. The molecular weight excluding hydrogens is 428 g/mol. The maximum absolute atomic E-state index is 12.4. The predicted octanol–water partition coefficient (Wildman–Crippen LogP) is 4.70. The first-order valence-corrected chi connectivity index (χ1v) is 11.7. The summed E-state index contributed by atoms with van der Waals surface area (Å²) in [4.78, 5) is 22.0. The summed E-state index contributed by atoms with van der Waals surface area (Å²) in [5.41, 5.74) is 4.79. The topological polar surface area (TPSA) is 48.5 Å². The smallest absolute Gasteiger partial charge is 0.230 e. The Morgan fingerprint density at radius 3 is 2.61 bits per heavy atom. The number of likely N-dealkylation sites (N-methyl/N-ethyl adjacent to an activating group) is 1. The van der Waals surface area contributed by atoms with Gasteiger partial charge in [0, 0.05) is 54.4 Å². The van der Waals surface area contributed by atoms with Gasteiger partial charge in [0.15, 0.2) is 0 Å². The Bertz CT molecular complexity index is 1040. The van der Waals surface area contributed by atoms with E-state index in [0.29, 0.717) is 5.02 Å². The highest BCUT2D eigenvalue weighted by Crippen LogP contribution is 2.26. The molecule has 0 saturated carbocycles. The number of thiazole rings is 1. The molecule has 1 amide bonds. The van der Waals surface area contributed by atoms with Crippen LogP contribution in [0.15, 0.2) is 47.8 Å². The van der Waals surface area contributed by atoms with E-state index in [-0.39, 0.29) is 12.3 Å². The number of aromatic nitrogens is 1. The molecule has 1 N–H and O–H groups in total. The Morgan fingerprint density at radius 2 is 1.87 bits per heavy atom. The molecule has 0 unspecified atom stereocenters. The Balaban J connectivity index is 1.35. The van der Waals surface area contributed by atoms with Gasteiger partial charge in [-0.3, -0.25) is 9.69 Å². The predicted molar refractivity (Wildman–Crippen MR) is 129 cm³/mol. The number of piperazine rings is 1. The maximum Gasteiger partial charge on any atom is 0.230 e. The van der Waals surface area contributed by atoms with E-state index in [4.69, 9.17) is 11.6 Å². The van der Waals surface area contributed by atoms with Crippen LogP contribution in [0.2, 0.25) is 5.02 Å². The zero-order chi connectivity index (χ0) is 21.8.